The molecule has 0 aromatic carbocycles. The second-order valence-electron chi connectivity index (χ2n) is 24.6. The lowest BCUT2D eigenvalue weighted by Gasteiger charge is -2.40. The SMILES string of the molecule is CC/C=C\C/C=C\C/C=C\C/C=C\C/C=C\C/C=C\C/C=C\CCCCCCCCCCCCCCCC(=O)NC(COC1OC(CO)C(O)C(O)C1O)C(O)/C=C/CC/C=C/CC/C=C/CCCCCCCCCCCCCCCCCCCCC. The van der Waals surface area contributed by atoms with Crippen LogP contribution in [0.5, 0.6) is 0 Å². The van der Waals surface area contributed by atoms with E-state index in [1.54, 1.807) is 6.08 Å². The van der Waals surface area contributed by atoms with Gasteiger partial charge in [0.05, 0.1) is 25.4 Å². The molecular formula is C78H135NO8. The molecule has 9 nitrogen and oxygen atoms in total. The highest BCUT2D eigenvalue weighted by Crippen LogP contribution is 2.23. The molecule has 0 aliphatic carbocycles. The summed E-state index contributed by atoms with van der Waals surface area (Å²) in [6.07, 6.45) is 91.7. The molecule has 1 aliphatic heterocycles. The minimum Gasteiger partial charge on any atom is -0.394 e. The van der Waals surface area contributed by atoms with Gasteiger partial charge < -0.3 is 40.3 Å². The predicted octanol–water partition coefficient (Wildman–Crippen LogP) is 20.2. The van der Waals surface area contributed by atoms with Gasteiger partial charge in [-0.05, 0) is 103 Å². The molecule has 500 valence electrons. The Bertz CT molecular complexity index is 1790. The van der Waals surface area contributed by atoms with Gasteiger partial charge in [0.25, 0.3) is 0 Å². The zero-order chi connectivity index (χ0) is 62.8. The van der Waals surface area contributed by atoms with Crippen LogP contribution in [0.15, 0.2) is 122 Å². The van der Waals surface area contributed by atoms with Gasteiger partial charge in [0.2, 0.25) is 5.91 Å². The zero-order valence-corrected chi connectivity index (χ0v) is 56.0. The summed E-state index contributed by atoms with van der Waals surface area (Å²) in [5.41, 5.74) is 0. The molecule has 0 aromatic rings. The molecule has 1 saturated heterocycles. The first-order valence-corrected chi connectivity index (χ1v) is 36.3. The van der Waals surface area contributed by atoms with Crippen molar-refractivity contribution in [1.29, 1.82) is 0 Å². The van der Waals surface area contributed by atoms with Crippen LogP contribution in [0.25, 0.3) is 0 Å². The molecule has 7 atom stereocenters. The summed E-state index contributed by atoms with van der Waals surface area (Å²) in [7, 11) is 0. The van der Waals surface area contributed by atoms with Crippen LogP contribution in [0.1, 0.15) is 309 Å². The Balaban J connectivity index is 2.17. The molecule has 0 aromatic heterocycles. The van der Waals surface area contributed by atoms with E-state index in [0.717, 1.165) is 89.9 Å². The fourth-order valence-electron chi connectivity index (χ4n) is 10.9. The maximum atomic E-state index is 13.1. The van der Waals surface area contributed by atoms with E-state index in [2.05, 4.69) is 129 Å². The molecule has 0 saturated carbocycles. The normalized spacial score (nSPS) is 18.7. The molecule has 1 fully saturated rings. The quantitative estimate of drug-likeness (QED) is 0.0261. The number of carbonyl (C=O) groups is 1. The van der Waals surface area contributed by atoms with Crippen molar-refractivity contribution < 1.29 is 39.8 Å². The fraction of sp³-hybridized carbons (Fsp3) is 0.731. The number of allylic oxidation sites excluding steroid dienone is 19. The smallest absolute Gasteiger partial charge is 0.220 e. The lowest BCUT2D eigenvalue weighted by Crippen LogP contribution is -2.60. The van der Waals surface area contributed by atoms with Gasteiger partial charge in [0, 0.05) is 6.42 Å². The Kier molecular flexibility index (Phi) is 61.5. The molecule has 1 rings (SSSR count). The van der Waals surface area contributed by atoms with Crippen LogP contribution < -0.4 is 5.32 Å². The minimum absolute atomic E-state index is 0.194. The highest BCUT2D eigenvalue weighted by molar-refractivity contribution is 5.76. The van der Waals surface area contributed by atoms with E-state index in [9.17, 15) is 30.3 Å². The molecule has 9 heteroatoms. The van der Waals surface area contributed by atoms with Gasteiger partial charge in [-0.25, -0.2) is 0 Å². The number of unbranched alkanes of at least 4 members (excludes halogenated alkanes) is 34. The second kappa shape index (κ2) is 65.5. The summed E-state index contributed by atoms with van der Waals surface area (Å²) in [6.45, 7) is 3.67. The molecule has 6 N–H and O–H groups in total. The van der Waals surface area contributed by atoms with Gasteiger partial charge in [-0.2, -0.15) is 0 Å². The van der Waals surface area contributed by atoms with Gasteiger partial charge in [0.15, 0.2) is 6.29 Å². The van der Waals surface area contributed by atoms with E-state index in [4.69, 9.17) is 9.47 Å². The van der Waals surface area contributed by atoms with Crippen LogP contribution in [0.3, 0.4) is 0 Å². The number of hydrogen-bond acceptors (Lipinski definition) is 8. The number of aliphatic hydroxyl groups excluding tert-OH is 5. The third kappa shape index (κ3) is 54.1. The summed E-state index contributed by atoms with van der Waals surface area (Å²) >= 11 is 0. The fourth-order valence-corrected chi connectivity index (χ4v) is 10.9. The van der Waals surface area contributed by atoms with E-state index in [0.29, 0.717) is 6.42 Å². The number of hydrogen-bond donors (Lipinski definition) is 6. The topological polar surface area (TPSA) is 149 Å². The van der Waals surface area contributed by atoms with Crippen molar-refractivity contribution in [2.45, 2.75) is 352 Å². The van der Waals surface area contributed by atoms with Crippen molar-refractivity contribution in [2.75, 3.05) is 13.2 Å². The first kappa shape index (κ1) is 81.6. The Hall–Kier alpha value is -3.41. The number of nitrogens with one attached hydrogen (secondary N) is 1. The van der Waals surface area contributed by atoms with Crippen molar-refractivity contribution in [2.24, 2.45) is 0 Å². The molecule has 0 bridgehead atoms. The standard InChI is InChI=1S/C78H135NO8/c1-3-5-7-9-11-13-15-17-19-21-23-25-27-29-31-33-34-35-36-37-38-40-42-44-46-48-50-52-54-56-58-60-62-64-66-68-74(82)79-71(70-86-78-77(85)76(84)75(83)73(69-80)87-78)72(81)67-65-63-61-59-57-55-53-51-49-47-45-43-41-39-32-30-28-26-24-22-20-18-16-14-12-10-8-6-4-2/h5,7,11,13,17,19,23,25,29,31,34-35,37-38,49,51,57,59,65,67,71-73,75-78,80-81,83-85H,3-4,6,8-10,12,14-16,18,20-22,24,26-28,30,32-33,36,39-48,50,52-56,58,60-64,66,68-70H2,1-2H3,(H,79,82)/b7-5-,13-11-,19-17-,25-23-,31-29-,35-34-,38-37-,51-49+,59-57+,67-65+. The van der Waals surface area contributed by atoms with Gasteiger partial charge >= 0.3 is 0 Å². The number of aliphatic hydroxyl groups is 5. The zero-order valence-electron chi connectivity index (χ0n) is 56.0. The molecular weight excluding hydrogens is 1080 g/mol. The van der Waals surface area contributed by atoms with Crippen LogP contribution >= 0.6 is 0 Å². The van der Waals surface area contributed by atoms with Gasteiger partial charge in [-0.1, -0.05) is 322 Å². The highest BCUT2D eigenvalue weighted by Gasteiger charge is 2.44. The van der Waals surface area contributed by atoms with Crippen LogP contribution in [0, 0.1) is 0 Å². The lowest BCUT2D eigenvalue weighted by atomic mass is 9.99. The lowest BCUT2D eigenvalue weighted by molar-refractivity contribution is -0.302. The predicted molar refractivity (Wildman–Crippen MR) is 373 cm³/mol. The van der Waals surface area contributed by atoms with Gasteiger partial charge in [-0.15, -0.1) is 0 Å². The van der Waals surface area contributed by atoms with Crippen molar-refractivity contribution in [1.82, 2.24) is 5.32 Å². The molecule has 7 unspecified atom stereocenters. The van der Waals surface area contributed by atoms with Crippen LogP contribution in [0.4, 0.5) is 0 Å². The second-order valence-corrected chi connectivity index (χ2v) is 24.6. The maximum Gasteiger partial charge on any atom is 0.220 e. The number of rotatable bonds is 62. The third-order valence-electron chi connectivity index (χ3n) is 16.5. The third-order valence-corrected chi connectivity index (χ3v) is 16.5. The molecule has 87 heavy (non-hydrogen) atoms. The Labute approximate surface area is 535 Å². The number of ether oxygens (including phenoxy) is 2. The number of amides is 1. The Morgan fingerprint density at radius 2 is 0.724 bits per heavy atom. The van der Waals surface area contributed by atoms with Crippen molar-refractivity contribution in [3.63, 3.8) is 0 Å². The summed E-state index contributed by atoms with van der Waals surface area (Å²) in [6, 6.07) is -0.838. The minimum atomic E-state index is -1.58. The Morgan fingerprint density at radius 3 is 1.10 bits per heavy atom. The average molecular weight is 1210 g/mol. The summed E-state index contributed by atoms with van der Waals surface area (Å²) in [5.74, 6) is -0.194. The van der Waals surface area contributed by atoms with Crippen molar-refractivity contribution in [3.8, 4) is 0 Å². The monoisotopic (exact) mass is 1210 g/mol. The van der Waals surface area contributed by atoms with E-state index >= 15 is 0 Å². The largest absolute Gasteiger partial charge is 0.394 e. The number of carbonyl (C=O) groups excluding carboxylic acids is 1. The molecule has 0 spiro atoms. The Morgan fingerprint density at radius 1 is 0.402 bits per heavy atom. The van der Waals surface area contributed by atoms with Crippen LogP contribution in [0.2, 0.25) is 0 Å². The maximum absolute atomic E-state index is 13.1. The van der Waals surface area contributed by atoms with E-state index in [1.165, 1.54) is 199 Å². The van der Waals surface area contributed by atoms with Crippen LogP contribution in [-0.4, -0.2) is 87.5 Å². The van der Waals surface area contributed by atoms with Gasteiger partial charge in [-0.3, -0.25) is 4.79 Å². The van der Waals surface area contributed by atoms with Crippen LogP contribution in [-0.2, 0) is 14.3 Å². The van der Waals surface area contributed by atoms with E-state index in [-0.39, 0.29) is 12.5 Å². The molecule has 1 aliphatic rings. The first-order valence-electron chi connectivity index (χ1n) is 36.3. The van der Waals surface area contributed by atoms with E-state index < -0.39 is 49.5 Å². The average Bonchev–Trinajstić information content (AvgIpc) is 3.47. The summed E-state index contributed by atoms with van der Waals surface area (Å²) in [4.78, 5) is 13.1. The highest BCUT2D eigenvalue weighted by atomic mass is 16.7. The summed E-state index contributed by atoms with van der Waals surface area (Å²) < 4.78 is 11.3. The molecule has 1 amide bonds. The molecule has 1 heterocycles. The van der Waals surface area contributed by atoms with E-state index in [1.807, 2.05) is 6.08 Å². The van der Waals surface area contributed by atoms with Crippen molar-refractivity contribution in [3.05, 3.63) is 122 Å². The van der Waals surface area contributed by atoms with Gasteiger partial charge in [0.1, 0.15) is 24.4 Å². The van der Waals surface area contributed by atoms with Crippen molar-refractivity contribution >= 4 is 5.91 Å². The first-order chi connectivity index (χ1) is 42.8. The summed E-state index contributed by atoms with van der Waals surface area (Å²) in [5, 5.41) is 54.8. The molecule has 0 radical (unpaired) electrons.